The van der Waals surface area contributed by atoms with Gasteiger partial charge in [0.05, 0.1) is 24.3 Å². The van der Waals surface area contributed by atoms with E-state index in [9.17, 15) is 9.59 Å². The first-order valence-corrected chi connectivity index (χ1v) is 8.67. The predicted molar refractivity (Wildman–Crippen MR) is 95.5 cm³/mol. The van der Waals surface area contributed by atoms with Gasteiger partial charge in [0, 0.05) is 0 Å². The van der Waals surface area contributed by atoms with E-state index < -0.39 is 11.9 Å². The molecule has 0 aliphatic heterocycles. The Morgan fingerprint density at radius 3 is 2.12 bits per heavy atom. The highest BCUT2D eigenvalue weighted by Gasteiger charge is 2.23. The lowest BCUT2D eigenvalue weighted by Gasteiger charge is -2.19. The third kappa shape index (κ3) is 5.99. The van der Waals surface area contributed by atoms with E-state index in [1.54, 1.807) is 12.1 Å². The standard InChI is InChI=1S/C20H30O4/c1-7-9-10-23-18(21)17-12-15(8-2)14(3)11-16(17)19(22)24-13-20(4,5)6/h11-12H,7-10,13H2,1-6H3. The van der Waals surface area contributed by atoms with E-state index in [1.807, 2.05) is 41.5 Å². The Bertz CT molecular complexity index is 582. The first-order chi connectivity index (χ1) is 11.2. The minimum Gasteiger partial charge on any atom is -0.462 e. The minimum atomic E-state index is -0.474. The first-order valence-electron chi connectivity index (χ1n) is 8.67. The average molecular weight is 334 g/mol. The van der Waals surface area contributed by atoms with Crippen LogP contribution in [0, 0.1) is 12.3 Å². The molecule has 0 aliphatic carbocycles. The van der Waals surface area contributed by atoms with E-state index in [-0.39, 0.29) is 11.0 Å². The molecule has 1 rings (SSSR count). The molecule has 0 aromatic heterocycles. The van der Waals surface area contributed by atoms with Gasteiger partial charge < -0.3 is 9.47 Å². The van der Waals surface area contributed by atoms with E-state index in [1.165, 1.54) is 0 Å². The molecule has 4 nitrogen and oxygen atoms in total. The summed E-state index contributed by atoms with van der Waals surface area (Å²) < 4.78 is 10.7. The molecule has 0 N–H and O–H groups in total. The van der Waals surface area contributed by atoms with E-state index in [0.29, 0.717) is 18.8 Å². The lowest BCUT2D eigenvalue weighted by molar-refractivity contribution is 0.0352. The highest BCUT2D eigenvalue weighted by Crippen LogP contribution is 2.21. The molecule has 0 aliphatic rings. The molecule has 0 fully saturated rings. The van der Waals surface area contributed by atoms with Crippen molar-refractivity contribution in [3.63, 3.8) is 0 Å². The Morgan fingerprint density at radius 1 is 1.00 bits per heavy atom. The highest BCUT2D eigenvalue weighted by atomic mass is 16.5. The largest absolute Gasteiger partial charge is 0.462 e. The van der Waals surface area contributed by atoms with E-state index in [2.05, 4.69) is 0 Å². The van der Waals surface area contributed by atoms with Crippen molar-refractivity contribution in [1.82, 2.24) is 0 Å². The van der Waals surface area contributed by atoms with Crippen LogP contribution in [0.5, 0.6) is 0 Å². The van der Waals surface area contributed by atoms with Crippen LogP contribution in [0.4, 0.5) is 0 Å². The summed E-state index contributed by atoms with van der Waals surface area (Å²) in [5.74, 6) is -0.932. The lowest BCUT2D eigenvalue weighted by Crippen LogP contribution is -2.21. The molecule has 24 heavy (non-hydrogen) atoms. The number of benzene rings is 1. The predicted octanol–water partition coefficient (Wildman–Crippen LogP) is 4.72. The third-order valence-corrected chi connectivity index (χ3v) is 3.66. The molecule has 1 aromatic rings. The molecule has 0 heterocycles. The van der Waals surface area contributed by atoms with Gasteiger partial charge in [0.2, 0.25) is 0 Å². The molecular formula is C20H30O4. The Balaban J connectivity index is 3.09. The Labute approximate surface area is 145 Å². The summed E-state index contributed by atoms with van der Waals surface area (Å²) in [6, 6.07) is 3.50. The van der Waals surface area contributed by atoms with Crippen LogP contribution in [-0.2, 0) is 15.9 Å². The van der Waals surface area contributed by atoms with Crippen LogP contribution < -0.4 is 0 Å². The second-order valence-corrected chi connectivity index (χ2v) is 7.30. The van der Waals surface area contributed by atoms with Crippen LogP contribution in [-0.4, -0.2) is 25.2 Å². The van der Waals surface area contributed by atoms with Gasteiger partial charge in [-0.2, -0.15) is 0 Å². The van der Waals surface area contributed by atoms with Crippen LogP contribution in [0.2, 0.25) is 0 Å². The molecular weight excluding hydrogens is 304 g/mol. The summed E-state index contributed by atoms with van der Waals surface area (Å²) in [4.78, 5) is 24.9. The maximum atomic E-state index is 12.5. The summed E-state index contributed by atoms with van der Waals surface area (Å²) in [5.41, 5.74) is 2.47. The molecule has 0 spiro atoms. The summed E-state index contributed by atoms with van der Waals surface area (Å²) >= 11 is 0. The number of aryl methyl sites for hydroxylation is 2. The molecule has 0 unspecified atom stereocenters. The number of rotatable bonds is 7. The van der Waals surface area contributed by atoms with E-state index in [0.717, 1.165) is 30.4 Å². The Morgan fingerprint density at radius 2 is 1.58 bits per heavy atom. The van der Waals surface area contributed by atoms with Crippen molar-refractivity contribution in [2.24, 2.45) is 5.41 Å². The van der Waals surface area contributed by atoms with Crippen LogP contribution in [0.3, 0.4) is 0 Å². The highest BCUT2D eigenvalue weighted by molar-refractivity contribution is 6.03. The van der Waals surface area contributed by atoms with Crippen LogP contribution in [0.1, 0.15) is 79.3 Å². The molecule has 0 atom stereocenters. The van der Waals surface area contributed by atoms with Gasteiger partial charge in [-0.15, -0.1) is 0 Å². The van der Waals surface area contributed by atoms with Gasteiger partial charge in [-0.25, -0.2) is 9.59 Å². The topological polar surface area (TPSA) is 52.6 Å². The van der Waals surface area contributed by atoms with Crippen molar-refractivity contribution < 1.29 is 19.1 Å². The number of carbonyl (C=O) groups excluding carboxylic acids is 2. The zero-order valence-electron chi connectivity index (χ0n) is 15.8. The number of unbranched alkanes of at least 4 members (excludes halogenated alkanes) is 1. The molecule has 4 heteroatoms. The minimum absolute atomic E-state index is 0.129. The third-order valence-electron chi connectivity index (χ3n) is 3.66. The van der Waals surface area contributed by atoms with Crippen molar-refractivity contribution in [3.8, 4) is 0 Å². The molecule has 0 saturated carbocycles. The van der Waals surface area contributed by atoms with E-state index in [4.69, 9.17) is 9.47 Å². The van der Waals surface area contributed by atoms with Crippen molar-refractivity contribution in [3.05, 3.63) is 34.4 Å². The Hall–Kier alpha value is -1.84. The maximum absolute atomic E-state index is 12.5. The van der Waals surface area contributed by atoms with Crippen molar-refractivity contribution in [1.29, 1.82) is 0 Å². The number of ether oxygens (including phenoxy) is 2. The molecule has 134 valence electrons. The van der Waals surface area contributed by atoms with Gasteiger partial charge in [-0.1, -0.05) is 41.0 Å². The van der Waals surface area contributed by atoms with Gasteiger partial charge in [0.1, 0.15) is 0 Å². The zero-order chi connectivity index (χ0) is 18.3. The summed E-state index contributed by atoms with van der Waals surface area (Å²) in [5, 5.41) is 0. The molecule has 0 amide bonds. The van der Waals surface area contributed by atoms with Crippen molar-refractivity contribution in [2.75, 3.05) is 13.2 Å². The average Bonchev–Trinajstić information content (AvgIpc) is 2.51. The fourth-order valence-corrected chi connectivity index (χ4v) is 2.22. The number of carbonyl (C=O) groups is 2. The van der Waals surface area contributed by atoms with Crippen LogP contribution in [0.25, 0.3) is 0 Å². The maximum Gasteiger partial charge on any atom is 0.339 e. The molecule has 0 radical (unpaired) electrons. The summed E-state index contributed by atoms with van der Waals surface area (Å²) in [6.07, 6.45) is 2.54. The number of esters is 2. The molecule has 0 bridgehead atoms. The van der Waals surface area contributed by atoms with Crippen LogP contribution in [0.15, 0.2) is 12.1 Å². The van der Waals surface area contributed by atoms with Crippen molar-refractivity contribution >= 4 is 11.9 Å². The number of hydrogen-bond donors (Lipinski definition) is 0. The normalized spacial score (nSPS) is 11.2. The van der Waals surface area contributed by atoms with Gasteiger partial charge >= 0.3 is 11.9 Å². The first kappa shape index (κ1) is 20.2. The fourth-order valence-electron chi connectivity index (χ4n) is 2.22. The van der Waals surface area contributed by atoms with Gasteiger partial charge in [-0.3, -0.25) is 0 Å². The Kier molecular flexibility index (Phi) is 7.46. The second kappa shape index (κ2) is 8.86. The summed E-state index contributed by atoms with van der Waals surface area (Å²) in [7, 11) is 0. The second-order valence-electron chi connectivity index (χ2n) is 7.30. The zero-order valence-corrected chi connectivity index (χ0v) is 15.8. The van der Waals surface area contributed by atoms with Crippen LogP contribution >= 0.6 is 0 Å². The fraction of sp³-hybridized carbons (Fsp3) is 0.600. The van der Waals surface area contributed by atoms with E-state index >= 15 is 0 Å². The molecule has 1 aromatic carbocycles. The SMILES string of the molecule is CCCCOC(=O)c1cc(CC)c(C)cc1C(=O)OCC(C)(C)C. The smallest absolute Gasteiger partial charge is 0.339 e. The van der Waals surface area contributed by atoms with Gasteiger partial charge in [-0.05, 0) is 48.4 Å². The van der Waals surface area contributed by atoms with Crippen molar-refractivity contribution in [2.45, 2.75) is 60.8 Å². The monoisotopic (exact) mass is 334 g/mol. The van der Waals surface area contributed by atoms with Gasteiger partial charge in [0.25, 0.3) is 0 Å². The lowest BCUT2D eigenvalue weighted by atomic mass is 9.97. The number of hydrogen-bond acceptors (Lipinski definition) is 4. The van der Waals surface area contributed by atoms with Gasteiger partial charge in [0.15, 0.2) is 0 Å². The quantitative estimate of drug-likeness (QED) is 0.535. The molecule has 0 saturated heterocycles. The summed E-state index contributed by atoms with van der Waals surface area (Å²) in [6.45, 7) is 12.6.